The second-order valence-electron chi connectivity index (χ2n) is 3.72. The van der Waals surface area contributed by atoms with E-state index in [2.05, 4.69) is 19.8 Å². The minimum Gasteiger partial charge on any atom is -0.390 e. The molecule has 1 nitrogen and oxygen atoms in total. The van der Waals surface area contributed by atoms with E-state index in [-0.39, 0.29) is 0 Å². The molecule has 0 bridgehead atoms. The van der Waals surface area contributed by atoms with Crippen molar-refractivity contribution in [3.05, 3.63) is 0 Å². The summed E-state index contributed by atoms with van der Waals surface area (Å²) in [7, 11) is 0. The van der Waals surface area contributed by atoms with Crippen molar-refractivity contribution < 1.29 is 5.11 Å². The molecule has 0 radical (unpaired) electrons. The topological polar surface area (TPSA) is 20.2 Å². The number of rotatable bonds is 5. The van der Waals surface area contributed by atoms with Crippen LogP contribution in [0.25, 0.3) is 0 Å². The Bertz CT molecular complexity index is 153. The van der Waals surface area contributed by atoms with Crippen LogP contribution in [-0.4, -0.2) is 10.7 Å². The average molecular weight is 168 g/mol. The van der Waals surface area contributed by atoms with Gasteiger partial charge in [-0.15, -0.1) is 12.3 Å². The molecule has 2 unspecified atom stereocenters. The molecule has 2 atom stereocenters. The Labute approximate surface area is 76.2 Å². The van der Waals surface area contributed by atoms with Crippen LogP contribution in [0.15, 0.2) is 0 Å². The summed E-state index contributed by atoms with van der Waals surface area (Å²) in [5.41, 5.74) is -0.536. The SMILES string of the molecule is C#CCCCC(C)(O)C(C)CC. The zero-order chi connectivity index (χ0) is 9.61. The molecule has 0 rings (SSSR count). The largest absolute Gasteiger partial charge is 0.390 e. The van der Waals surface area contributed by atoms with Gasteiger partial charge in [0.15, 0.2) is 0 Å². The zero-order valence-electron chi connectivity index (χ0n) is 8.43. The quantitative estimate of drug-likeness (QED) is 0.494. The van der Waals surface area contributed by atoms with Crippen molar-refractivity contribution in [3.63, 3.8) is 0 Å². The molecule has 70 valence electrons. The number of hydrogen-bond acceptors (Lipinski definition) is 1. The summed E-state index contributed by atoms with van der Waals surface area (Å²) in [5.74, 6) is 2.94. The van der Waals surface area contributed by atoms with Crippen LogP contribution >= 0.6 is 0 Å². The van der Waals surface area contributed by atoms with E-state index in [0.29, 0.717) is 5.92 Å². The number of hydrogen-bond donors (Lipinski definition) is 1. The van der Waals surface area contributed by atoms with Gasteiger partial charge in [-0.2, -0.15) is 0 Å². The van der Waals surface area contributed by atoms with Gasteiger partial charge in [-0.05, 0) is 25.7 Å². The number of terminal acetylenes is 1. The summed E-state index contributed by atoms with van der Waals surface area (Å²) in [4.78, 5) is 0. The summed E-state index contributed by atoms with van der Waals surface area (Å²) in [6, 6.07) is 0. The molecule has 0 aromatic carbocycles. The van der Waals surface area contributed by atoms with Crippen LogP contribution < -0.4 is 0 Å². The van der Waals surface area contributed by atoms with Crippen LogP contribution in [0.3, 0.4) is 0 Å². The minimum atomic E-state index is -0.536. The molecule has 0 saturated carbocycles. The maximum absolute atomic E-state index is 9.94. The van der Waals surface area contributed by atoms with E-state index >= 15 is 0 Å². The van der Waals surface area contributed by atoms with Crippen LogP contribution in [0, 0.1) is 18.3 Å². The summed E-state index contributed by atoms with van der Waals surface area (Å²) in [5, 5.41) is 9.94. The monoisotopic (exact) mass is 168 g/mol. The van der Waals surface area contributed by atoms with Gasteiger partial charge in [0, 0.05) is 6.42 Å². The first kappa shape index (κ1) is 11.5. The summed E-state index contributed by atoms with van der Waals surface area (Å²) in [6.07, 6.45) is 8.66. The second kappa shape index (κ2) is 5.22. The van der Waals surface area contributed by atoms with Crippen molar-refractivity contribution in [3.8, 4) is 12.3 Å². The molecule has 1 heteroatoms. The Kier molecular flexibility index (Phi) is 5.01. The van der Waals surface area contributed by atoms with Crippen LogP contribution in [0.5, 0.6) is 0 Å². The maximum Gasteiger partial charge on any atom is 0.0645 e. The van der Waals surface area contributed by atoms with Crippen molar-refractivity contribution in [2.75, 3.05) is 0 Å². The molecule has 0 amide bonds. The predicted molar refractivity (Wildman–Crippen MR) is 52.8 cm³/mol. The highest BCUT2D eigenvalue weighted by atomic mass is 16.3. The maximum atomic E-state index is 9.94. The second-order valence-corrected chi connectivity index (χ2v) is 3.72. The molecule has 0 aromatic heterocycles. The first-order valence-corrected chi connectivity index (χ1v) is 4.70. The van der Waals surface area contributed by atoms with E-state index in [1.165, 1.54) is 0 Å². The van der Waals surface area contributed by atoms with Crippen molar-refractivity contribution in [1.82, 2.24) is 0 Å². The smallest absolute Gasteiger partial charge is 0.0645 e. The van der Waals surface area contributed by atoms with E-state index in [9.17, 15) is 5.11 Å². The fourth-order valence-electron chi connectivity index (χ4n) is 1.23. The highest BCUT2D eigenvalue weighted by Crippen LogP contribution is 2.25. The third-order valence-corrected chi connectivity index (χ3v) is 2.68. The van der Waals surface area contributed by atoms with Crippen molar-refractivity contribution in [2.24, 2.45) is 5.92 Å². The molecule has 0 aliphatic heterocycles. The van der Waals surface area contributed by atoms with Gasteiger partial charge in [0.1, 0.15) is 0 Å². The van der Waals surface area contributed by atoms with E-state index in [0.717, 1.165) is 25.7 Å². The van der Waals surface area contributed by atoms with Gasteiger partial charge in [0.2, 0.25) is 0 Å². The lowest BCUT2D eigenvalue weighted by Crippen LogP contribution is -2.32. The number of aliphatic hydroxyl groups is 1. The highest BCUT2D eigenvalue weighted by molar-refractivity contribution is 4.86. The molecule has 0 saturated heterocycles. The van der Waals surface area contributed by atoms with Gasteiger partial charge in [0.05, 0.1) is 5.60 Å². The van der Waals surface area contributed by atoms with E-state index in [1.807, 2.05) is 6.92 Å². The Morgan fingerprint density at radius 3 is 2.58 bits per heavy atom. The minimum absolute atomic E-state index is 0.357. The molecular weight excluding hydrogens is 148 g/mol. The van der Waals surface area contributed by atoms with Gasteiger partial charge in [0.25, 0.3) is 0 Å². The molecule has 0 fully saturated rings. The van der Waals surface area contributed by atoms with E-state index in [1.54, 1.807) is 0 Å². The van der Waals surface area contributed by atoms with Gasteiger partial charge < -0.3 is 5.11 Å². The van der Waals surface area contributed by atoms with Crippen LogP contribution in [0.4, 0.5) is 0 Å². The first-order chi connectivity index (χ1) is 5.54. The lowest BCUT2D eigenvalue weighted by atomic mass is 9.84. The fraction of sp³-hybridized carbons (Fsp3) is 0.818. The lowest BCUT2D eigenvalue weighted by Gasteiger charge is -2.29. The van der Waals surface area contributed by atoms with Crippen LogP contribution in [0.2, 0.25) is 0 Å². The van der Waals surface area contributed by atoms with Crippen LogP contribution in [0.1, 0.15) is 46.5 Å². The van der Waals surface area contributed by atoms with Crippen LogP contribution in [-0.2, 0) is 0 Å². The summed E-state index contributed by atoms with van der Waals surface area (Å²) >= 11 is 0. The van der Waals surface area contributed by atoms with Gasteiger partial charge in [-0.3, -0.25) is 0 Å². The predicted octanol–water partition coefficient (Wildman–Crippen LogP) is 2.59. The molecule has 0 heterocycles. The Morgan fingerprint density at radius 1 is 1.58 bits per heavy atom. The fourth-order valence-corrected chi connectivity index (χ4v) is 1.23. The molecule has 12 heavy (non-hydrogen) atoms. The zero-order valence-corrected chi connectivity index (χ0v) is 8.43. The third kappa shape index (κ3) is 3.78. The first-order valence-electron chi connectivity index (χ1n) is 4.70. The van der Waals surface area contributed by atoms with Gasteiger partial charge in [-0.25, -0.2) is 0 Å². The van der Waals surface area contributed by atoms with Gasteiger partial charge >= 0.3 is 0 Å². The summed E-state index contributed by atoms with van der Waals surface area (Å²) in [6.45, 7) is 6.08. The molecular formula is C11H20O. The van der Waals surface area contributed by atoms with E-state index < -0.39 is 5.60 Å². The van der Waals surface area contributed by atoms with Crippen molar-refractivity contribution in [2.45, 2.75) is 52.1 Å². The van der Waals surface area contributed by atoms with E-state index in [4.69, 9.17) is 6.42 Å². The lowest BCUT2D eigenvalue weighted by molar-refractivity contribution is -0.00446. The Hall–Kier alpha value is -0.480. The normalized spacial score (nSPS) is 17.9. The molecule has 1 N–H and O–H groups in total. The summed E-state index contributed by atoms with van der Waals surface area (Å²) < 4.78 is 0. The van der Waals surface area contributed by atoms with Crippen molar-refractivity contribution in [1.29, 1.82) is 0 Å². The van der Waals surface area contributed by atoms with Gasteiger partial charge in [-0.1, -0.05) is 20.3 Å². The Balaban J connectivity index is 3.79. The standard InChI is InChI=1S/C11H20O/c1-5-7-8-9-11(4,12)10(3)6-2/h1,10,12H,6-9H2,2-4H3. The molecule has 0 aromatic rings. The molecule has 0 aliphatic rings. The highest BCUT2D eigenvalue weighted by Gasteiger charge is 2.25. The third-order valence-electron chi connectivity index (χ3n) is 2.68. The Morgan fingerprint density at radius 2 is 2.17 bits per heavy atom. The average Bonchev–Trinajstić information content (AvgIpc) is 2.03. The number of unbranched alkanes of at least 4 members (excludes halogenated alkanes) is 1. The molecule has 0 aliphatic carbocycles. The molecule has 0 spiro atoms. The van der Waals surface area contributed by atoms with Crippen molar-refractivity contribution >= 4 is 0 Å².